The second-order valence-electron chi connectivity index (χ2n) is 5.01. The van der Waals surface area contributed by atoms with Crippen LogP contribution in [-0.2, 0) is 9.84 Å². The summed E-state index contributed by atoms with van der Waals surface area (Å²) in [5, 5.41) is 3.05. The molecular weight excluding hydrogens is 272 g/mol. The van der Waals surface area contributed by atoms with Gasteiger partial charge in [0.2, 0.25) is 0 Å². The number of sulfone groups is 1. The molecule has 18 heavy (non-hydrogen) atoms. The highest BCUT2D eigenvalue weighted by molar-refractivity contribution is 8.00. The van der Waals surface area contributed by atoms with Crippen molar-refractivity contribution in [1.82, 2.24) is 10.2 Å². The summed E-state index contributed by atoms with van der Waals surface area (Å²) in [5.74, 6) is 1.18. The number of carbonyl (C=O) groups is 1. The van der Waals surface area contributed by atoms with E-state index in [4.69, 9.17) is 0 Å². The number of nitrogens with one attached hydrogen (secondary N) is 1. The van der Waals surface area contributed by atoms with Crippen molar-refractivity contribution in [3.8, 4) is 0 Å². The number of likely N-dealkylation sites (tertiary alicyclic amines) is 1. The first kappa shape index (κ1) is 14.0. The van der Waals surface area contributed by atoms with Gasteiger partial charge < -0.3 is 10.2 Å². The average Bonchev–Trinajstić information content (AvgIpc) is 2.96. The van der Waals surface area contributed by atoms with E-state index in [0.29, 0.717) is 31.3 Å². The Morgan fingerprint density at radius 1 is 1.44 bits per heavy atom. The lowest BCUT2D eigenvalue weighted by molar-refractivity contribution is 0.209. The van der Waals surface area contributed by atoms with Gasteiger partial charge >= 0.3 is 6.03 Å². The SMILES string of the molecule is CS(=O)(=O)[C@H]1CCN(C(=O)NC[C@H]2CCCS2)C1. The highest BCUT2D eigenvalue weighted by Gasteiger charge is 2.32. The number of rotatable bonds is 3. The van der Waals surface area contributed by atoms with Crippen LogP contribution in [0, 0.1) is 0 Å². The van der Waals surface area contributed by atoms with Crippen LogP contribution >= 0.6 is 11.8 Å². The van der Waals surface area contributed by atoms with Crippen LogP contribution in [0.2, 0.25) is 0 Å². The second-order valence-corrected chi connectivity index (χ2v) is 8.74. The predicted molar refractivity (Wildman–Crippen MR) is 73.7 cm³/mol. The molecule has 2 rings (SSSR count). The standard InChI is InChI=1S/C11H20N2O3S2/c1-18(15,16)10-4-5-13(8-10)11(14)12-7-9-3-2-6-17-9/h9-10H,2-8H2,1H3,(H,12,14)/t9-,10+/m1/s1. The minimum absolute atomic E-state index is 0.117. The first-order valence-electron chi connectivity index (χ1n) is 6.30. The largest absolute Gasteiger partial charge is 0.337 e. The van der Waals surface area contributed by atoms with E-state index in [-0.39, 0.29) is 11.3 Å². The number of urea groups is 1. The quantitative estimate of drug-likeness (QED) is 0.832. The summed E-state index contributed by atoms with van der Waals surface area (Å²) in [5.41, 5.74) is 0. The summed E-state index contributed by atoms with van der Waals surface area (Å²) in [7, 11) is -3.03. The molecular formula is C11H20N2O3S2. The number of hydrogen-bond acceptors (Lipinski definition) is 4. The van der Waals surface area contributed by atoms with E-state index in [1.54, 1.807) is 4.90 Å². The molecule has 2 heterocycles. The lowest BCUT2D eigenvalue weighted by Crippen LogP contribution is -2.41. The van der Waals surface area contributed by atoms with E-state index in [1.165, 1.54) is 18.4 Å². The molecule has 2 aliphatic rings. The molecule has 0 aromatic heterocycles. The molecule has 2 saturated heterocycles. The summed E-state index contributed by atoms with van der Waals surface area (Å²) in [4.78, 5) is 13.5. The Balaban J connectivity index is 1.76. The van der Waals surface area contributed by atoms with Crippen LogP contribution in [0.15, 0.2) is 0 Å². The molecule has 0 spiro atoms. The number of thioether (sulfide) groups is 1. The van der Waals surface area contributed by atoms with Crippen molar-refractivity contribution in [2.45, 2.75) is 29.8 Å². The Morgan fingerprint density at radius 2 is 2.22 bits per heavy atom. The fourth-order valence-corrected chi connectivity index (χ4v) is 4.57. The monoisotopic (exact) mass is 292 g/mol. The Morgan fingerprint density at radius 3 is 2.78 bits per heavy atom. The van der Waals surface area contributed by atoms with Crippen LogP contribution in [0.3, 0.4) is 0 Å². The fraction of sp³-hybridized carbons (Fsp3) is 0.909. The van der Waals surface area contributed by atoms with Crippen molar-refractivity contribution in [2.24, 2.45) is 0 Å². The third-order valence-corrected chi connectivity index (χ3v) is 6.54. The zero-order chi connectivity index (χ0) is 13.2. The third-order valence-electron chi connectivity index (χ3n) is 3.54. The van der Waals surface area contributed by atoms with E-state index in [2.05, 4.69) is 5.32 Å². The van der Waals surface area contributed by atoms with E-state index in [9.17, 15) is 13.2 Å². The molecule has 2 atom stereocenters. The maximum atomic E-state index is 11.9. The van der Waals surface area contributed by atoms with Gasteiger partial charge in [0.15, 0.2) is 9.84 Å². The molecule has 0 radical (unpaired) electrons. The van der Waals surface area contributed by atoms with Gasteiger partial charge in [0.05, 0.1) is 5.25 Å². The molecule has 0 saturated carbocycles. The van der Waals surface area contributed by atoms with Crippen LogP contribution < -0.4 is 5.32 Å². The Hall–Kier alpha value is -0.430. The molecule has 0 aromatic carbocycles. The number of amides is 2. The average molecular weight is 292 g/mol. The molecule has 1 N–H and O–H groups in total. The smallest absolute Gasteiger partial charge is 0.317 e. The fourth-order valence-electron chi connectivity index (χ4n) is 2.38. The minimum atomic E-state index is -3.03. The highest BCUT2D eigenvalue weighted by Crippen LogP contribution is 2.25. The summed E-state index contributed by atoms with van der Waals surface area (Å²) in [6.07, 6.45) is 4.20. The lowest BCUT2D eigenvalue weighted by atomic mass is 10.2. The molecule has 2 amide bonds. The van der Waals surface area contributed by atoms with Crippen molar-refractivity contribution in [3.05, 3.63) is 0 Å². The number of hydrogen-bond donors (Lipinski definition) is 1. The van der Waals surface area contributed by atoms with Crippen LogP contribution in [-0.4, -0.2) is 61.5 Å². The van der Waals surface area contributed by atoms with E-state index in [1.807, 2.05) is 11.8 Å². The zero-order valence-electron chi connectivity index (χ0n) is 10.6. The summed E-state index contributed by atoms with van der Waals surface area (Å²) < 4.78 is 22.8. The van der Waals surface area contributed by atoms with Crippen molar-refractivity contribution in [1.29, 1.82) is 0 Å². The Kier molecular flexibility index (Phi) is 4.42. The first-order valence-corrected chi connectivity index (χ1v) is 9.30. The van der Waals surface area contributed by atoms with Crippen molar-refractivity contribution in [3.63, 3.8) is 0 Å². The molecule has 2 aliphatic heterocycles. The minimum Gasteiger partial charge on any atom is -0.337 e. The molecule has 104 valence electrons. The topological polar surface area (TPSA) is 66.5 Å². The van der Waals surface area contributed by atoms with Gasteiger partial charge in [0, 0.05) is 31.1 Å². The van der Waals surface area contributed by atoms with Crippen LogP contribution in [0.4, 0.5) is 4.79 Å². The molecule has 2 fully saturated rings. The van der Waals surface area contributed by atoms with E-state index in [0.717, 1.165) is 6.42 Å². The zero-order valence-corrected chi connectivity index (χ0v) is 12.2. The summed E-state index contributed by atoms with van der Waals surface area (Å²) in [6, 6.07) is -0.117. The number of carbonyl (C=O) groups excluding carboxylic acids is 1. The Bertz CT molecular complexity index is 405. The molecule has 7 heteroatoms. The number of nitrogens with zero attached hydrogens (tertiary/aromatic N) is 1. The van der Waals surface area contributed by atoms with E-state index >= 15 is 0 Å². The van der Waals surface area contributed by atoms with Crippen molar-refractivity contribution < 1.29 is 13.2 Å². The van der Waals surface area contributed by atoms with Gasteiger partial charge in [-0.2, -0.15) is 11.8 Å². The lowest BCUT2D eigenvalue weighted by Gasteiger charge is -2.18. The Labute approximate surface area is 113 Å². The maximum Gasteiger partial charge on any atom is 0.317 e. The van der Waals surface area contributed by atoms with Gasteiger partial charge in [0.1, 0.15) is 0 Å². The van der Waals surface area contributed by atoms with Gasteiger partial charge in [-0.3, -0.25) is 0 Å². The van der Waals surface area contributed by atoms with Crippen LogP contribution in [0.5, 0.6) is 0 Å². The van der Waals surface area contributed by atoms with Gasteiger partial charge in [-0.1, -0.05) is 0 Å². The van der Waals surface area contributed by atoms with E-state index < -0.39 is 9.84 Å². The van der Waals surface area contributed by atoms with Crippen LogP contribution in [0.1, 0.15) is 19.3 Å². The van der Waals surface area contributed by atoms with Gasteiger partial charge in [0.25, 0.3) is 0 Å². The maximum absolute atomic E-state index is 11.9. The molecule has 0 unspecified atom stereocenters. The van der Waals surface area contributed by atoms with Gasteiger partial charge in [-0.05, 0) is 25.0 Å². The second kappa shape index (κ2) is 5.69. The molecule has 5 nitrogen and oxygen atoms in total. The third kappa shape index (κ3) is 3.54. The molecule has 0 aromatic rings. The molecule has 0 bridgehead atoms. The van der Waals surface area contributed by atoms with Crippen LogP contribution in [0.25, 0.3) is 0 Å². The van der Waals surface area contributed by atoms with Crippen molar-refractivity contribution >= 4 is 27.6 Å². The summed E-state index contributed by atoms with van der Waals surface area (Å²) >= 11 is 1.90. The molecule has 0 aliphatic carbocycles. The normalized spacial score (nSPS) is 28.6. The van der Waals surface area contributed by atoms with Gasteiger partial charge in [-0.15, -0.1) is 0 Å². The highest BCUT2D eigenvalue weighted by atomic mass is 32.2. The first-order chi connectivity index (χ1) is 8.47. The predicted octanol–water partition coefficient (Wildman–Crippen LogP) is 0.711. The van der Waals surface area contributed by atoms with Gasteiger partial charge in [-0.25, -0.2) is 13.2 Å². The van der Waals surface area contributed by atoms with Crippen molar-refractivity contribution in [2.75, 3.05) is 31.6 Å². The summed E-state index contributed by atoms with van der Waals surface area (Å²) in [6.45, 7) is 1.58.